The summed E-state index contributed by atoms with van der Waals surface area (Å²) in [5.74, 6) is 0.531. The maximum atomic E-state index is 12.3. The van der Waals surface area contributed by atoms with Crippen LogP contribution in [0.4, 0.5) is 10.5 Å². The van der Waals surface area contributed by atoms with E-state index < -0.39 is 0 Å². The van der Waals surface area contributed by atoms with Crippen LogP contribution in [0.15, 0.2) is 24.3 Å². The summed E-state index contributed by atoms with van der Waals surface area (Å²) in [6.07, 6.45) is 2.07. The molecule has 3 rings (SSSR count). The van der Waals surface area contributed by atoms with Gasteiger partial charge >= 0.3 is 6.03 Å². The van der Waals surface area contributed by atoms with Crippen LogP contribution < -0.4 is 5.32 Å². The molecule has 21 heavy (non-hydrogen) atoms. The molecule has 0 spiro atoms. The number of para-hydroxylation sites is 1. The normalized spacial score (nSPS) is 18.5. The molecular formula is C15H18IN3O2. The predicted molar refractivity (Wildman–Crippen MR) is 89.1 cm³/mol. The molecule has 6 heteroatoms. The summed E-state index contributed by atoms with van der Waals surface area (Å²) < 4.78 is 1.02. The van der Waals surface area contributed by atoms with Gasteiger partial charge in [-0.25, -0.2) is 4.79 Å². The van der Waals surface area contributed by atoms with E-state index in [2.05, 4.69) is 27.9 Å². The Morgan fingerprint density at radius 2 is 1.67 bits per heavy atom. The number of halogens is 1. The number of hydrogen-bond donors (Lipinski definition) is 1. The number of anilines is 1. The second kappa shape index (κ2) is 6.21. The van der Waals surface area contributed by atoms with E-state index in [0.717, 1.165) is 22.1 Å². The smallest absolute Gasteiger partial charge is 0.321 e. The standard InChI is InChI=1S/C15H18IN3O2/c16-12-3-1-2-4-13(12)17-15(21)19-9-7-18(8-10-19)14(20)11-5-6-11/h1-4,11H,5-10H2,(H,17,21). The van der Waals surface area contributed by atoms with Crippen molar-refractivity contribution in [2.45, 2.75) is 12.8 Å². The molecule has 1 saturated carbocycles. The Kier molecular flexibility index (Phi) is 4.32. The minimum atomic E-state index is -0.0855. The number of nitrogens with zero attached hydrogens (tertiary/aromatic N) is 2. The first-order valence-electron chi connectivity index (χ1n) is 7.24. The van der Waals surface area contributed by atoms with Crippen LogP contribution in [0, 0.1) is 9.49 Å². The highest BCUT2D eigenvalue weighted by molar-refractivity contribution is 14.1. The van der Waals surface area contributed by atoms with Crippen molar-refractivity contribution in [1.82, 2.24) is 9.80 Å². The number of benzene rings is 1. The maximum Gasteiger partial charge on any atom is 0.321 e. The van der Waals surface area contributed by atoms with E-state index in [-0.39, 0.29) is 17.9 Å². The zero-order chi connectivity index (χ0) is 14.8. The number of carbonyl (C=O) groups excluding carboxylic acids is 2. The van der Waals surface area contributed by atoms with Gasteiger partial charge in [0.15, 0.2) is 0 Å². The summed E-state index contributed by atoms with van der Waals surface area (Å²) in [7, 11) is 0. The van der Waals surface area contributed by atoms with E-state index in [1.807, 2.05) is 29.2 Å². The lowest BCUT2D eigenvalue weighted by Gasteiger charge is -2.34. The van der Waals surface area contributed by atoms with Crippen LogP contribution in [-0.4, -0.2) is 47.9 Å². The molecule has 0 bridgehead atoms. The third kappa shape index (κ3) is 3.48. The van der Waals surface area contributed by atoms with Crippen molar-refractivity contribution in [2.24, 2.45) is 5.92 Å². The van der Waals surface area contributed by atoms with Crippen LogP contribution in [-0.2, 0) is 4.79 Å². The first-order chi connectivity index (χ1) is 10.1. The molecule has 5 nitrogen and oxygen atoms in total. The molecule has 1 saturated heterocycles. The van der Waals surface area contributed by atoms with Crippen LogP contribution in [0.1, 0.15) is 12.8 Å². The Bertz CT molecular complexity index is 552. The Morgan fingerprint density at radius 1 is 1.05 bits per heavy atom. The topological polar surface area (TPSA) is 52.7 Å². The molecule has 112 valence electrons. The lowest BCUT2D eigenvalue weighted by atomic mass is 10.2. The summed E-state index contributed by atoms with van der Waals surface area (Å²) in [6.45, 7) is 2.50. The van der Waals surface area contributed by atoms with Crippen LogP contribution in [0.2, 0.25) is 0 Å². The zero-order valence-electron chi connectivity index (χ0n) is 11.7. The van der Waals surface area contributed by atoms with Crippen LogP contribution in [0.5, 0.6) is 0 Å². The minimum absolute atomic E-state index is 0.0855. The molecule has 1 aromatic rings. The van der Waals surface area contributed by atoms with Gasteiger partial charge in [0, 0.05) is 35.7 Å². The summed E-state index contributed by atoms with van der Waals surface area (Å²) in [5, 5.41) is 2.94. The third-order valence-electron chi connectivity index (χ3n) is 3.92. The fourth-order valence-electron chi connectivity index (χ4n) is 2.48. The quantitative estimate of drug-likeness (QED) is 0.777. The molecular weight excluding hydrogens is 381 g/mol. The average Bonchev–Trinajstić information content (AvgIpc) is 3.34. The molecule has 1 aliphatic carbocycles. The molecule has 0 unspecified atom stereocenters. The van der Waals surface area contributed by atoms with E-state index >= 15 is 0 Å². The summed E-state index contributed by atoms with van der Waals surface area (Å²) >= 11 is 2.20. The van der Waals surface area contributed by atoms with Crippen molar-refractivity contribution in [3.05, 3.63) is 27.8 Å². The second-order valence-corrected chi connectivity index (χ2v) is 6.66. The number of piperazine rings is 1. The van der Waals surface area contributed by atoms with Gasteiger partial charge in [-0.3, -0.25) is 4.79 Å². The van der Waals surface area contributed by atoms with Crippen LogP contribution >= 0.6 is 22.6 Å². The van der Waals surface area contributed by atoms with Gasteiger partial charge in [0.1, 0.15) is 0 Å². The number of rotatable bonds is 2. The highest BCUT2D eigenvalue weighted by Gasteiger charge is 2.35. The van der Waals surface area contributed by atoms with Gasteiger partial charge in [-0.2, -0.15) is 0 Å². The molecule has 3 amide bonds. The maximum absolute atomic E-state index is 12.3. The zero-order valence-corrected chi connectivity index (χ0v) is 13.9. The number of carbonyl (C=O) groups is 2. The fraction of sp³-hybridized carbons (Fsp3) is 0.467. The van der Waals surface area contributed by atoms with Crippen molar-refractivity contribution in [3.63, 3.8) is 0 Å². The van der Waals surface area contributed by atoms with Crippen molar-refractivity contribution in [1.29, 1.82) is 0 Å². The van der Waals surface area contributed by atoms with E-state index in [0.29, 0.717) is 26.2 Å². The highest BCUT2D eigenvalue weighted by Crippen LogP contribution is 2.31. The Balaban J connectivity index is 1.53. The van der Waals surface area contributed by atoms with Crippen molar-refractivity contribution in [2.75, 3.05) is 31.5 Å². The lowest BCUT2D eigenvalue weighted by molar-refractivity contribution is -0.133. The van der Waals surface area contributed by atoms with Gasteiger partial charge < -0.3 is 15.1 Å². The molecule has 1 N–H and O–H groups in total. The van der Waals surface area contributed by atoms with Gasteiger partial charge in [0.25, 0.3) is 0 Å². The fourth-order valence-corrected chi connectivity index (χ4v) is 3.00. The first kappa shape index (κ1) is 14.6. The lowest BCUT2D eigenvalue weighted by Crippen LogP contribution is -2.52. The molecule has 1 aromatic carbocycles. The highest BCUT2D eigenvalue weighted by atomic mass is 127. The van der Waals surface area contributed by atoms with Crippen LogP contribution in [0.25, 0.3) is 0 Å². The molecule has 0 atom stereocenters. The average molecular weight is 399 g/mol. The largest absolute Gasteiger partial charge is 0.339 e. The number of urea groups is 1. The second-order valence-electron chi connectivity index (χ2n) is 5.50. The summed E-state index contributed by atoms with van der Waals surface area (Å²) in [4.78, 5) is 27.9. The Hall–Kier alpha value is -1.31. The van der Waals surface area contributed by atoms with Gasteiger partial charge in [0.05, 0.1) is 5.69 Å². The SMILES string of the molecule is O=C(Nc1ccccc1I)N1CCN(C(=O)C2CC2)CC1. The Morgan fingerprint density at radius 3 is 2.29 bits per heavy atom. The number of nitrogens with one attached hydrogen (secondary N) is 1. The van der Waals surface area contributed by atoms with Crippen molar-refractivity contribution < 1.29 is 9.59 Å². The first-order valence-corrected chi connectivity index (χ1v) is 8.32. The van der Waals surface area contributed by atoms with Gasteiger partial charge in [0.2, 0.25) is 5.91 Å². The monoisotopic (exact) mass is 399 g/mol. The minimum Gasteiger partial charge on any atom is -0.339 e. The van der Waals surface area contributed by atoms with Crippen molar-refractivity contribution >= 4 is 40.2 Å². The van der Waals surface area contributed by atoms with Crippen molar-refractivity contribution in [3.8, 4) is 0 Å². The predicted octanol–water partition coefficient (Wildman–Crippen LogP) is 2.38. The molecule has 2 fully saturated rings. The van der Waals surface area contributed by atoms with Gasteiger partial charge in [-0.05, 0) is 47.6 Å². The molecule has 2 aliphatic rings. The van der Waals surface area contributed by atoms with E-state index in [1.165, 1.54) is 0 Å². The molecule has 0 aromatic heterocycles. The third-order valence-corrected chi connectivity index (χ3v) is 4.86. The summed E-state index contributed by atoms with van der Waals surface area (Å²) in [6, 6.07) is 7.62. The Labute approximate surface area is 137 Å². The number of hydrogen-bond acceptors (Lipinski definition) is 2. The molecule has 1 heterocycles. The van der Waals surface area contributed by atoms with Gasteiger partial charge in [-0.1, -0.05) is 12.1 Å². The van der Waals surface area contributed by atoms with E-state index in [1.54, 1.807) is 4.90 Å². The van der Waals surface area contributed by atoms with E-state index in [9.17, 15) is 9.59 Å². The molecule has 0 radical (unpaired) electrons. The summed E-state index contributed by atoms with van der Waals surface area (Å²) in [5.41, 5.74) is 0.833. The molecule has 1 aliphatic heterocycles. The van der Waals surface area contributed by atoms with E-state index in [4.69, 9.17) is 0 Å². The van der Waals surface area contributed by atoms with Gasteiger partial charge in [-0.15, -0.1) is 0 Å². The number of amides is 3. The van der Waals surface area contributed by atoms with Crippen LogP contribution in [0.3, 0.4) is 0 Å².